The van der Waals surface area contributed by atoms with Crippen molar-refractivity contribution in [1.29, 1.82) is 0 Å². The van der Waals surface area contributed by atoms with Crippen LogP contribution in [0.25, 0.3) is 28.2 Å². The second-order valence-electron chi connectivity index (χ2n) is 8.54. The molecule has 0 spiro atoms. The lowest BCUT2D eigenvalue weighted by Crippen LogP contribution is -2.15. The molecule has 0 saturated heterocycles. The molecule has 40 heavy (non-hydrogen) atoms. The lowest BCUT2D eigenvalue weighted by molar-refractivity contribution is -0.154. The topological polar surface area (TPSA) is 65.7 Å². The largest absolute Gasteiger partial charge is 0.453 e. The fourth-order valence-electron chi connectivity index (χ4n) is 3.85. The maximum absolute atomic E-state index is 13.9. The zero-order valence-corrected chi connectivity index (χ0v) is 20.4. The Morgan fingerprint density at radius 3 is 2.12 bits per heavy atom. The van der Waals surface area contributed by atoms with Crippen molar-refractivity contribution in [1.82, 2.24) is 0 Å². The summed E-state index contributed by atoms with van der Waals surface area (Å²) in [6.07, 6.45) is -2.62. The summed E-state index contributed by atoms with van der Waals surface area (Å²) in [6.45, 7) is 0. The number of alkyl halides is 3. The van der Waals surface area contributed by atoms with Crippen LogP contribution in [-0.4, -0.2) is 5.97 Å². The van der Waals surface area contributed by atoms with Gasteiger partial charge >= 0.3 is 12.1 Å². The molecule has 4 aromatic carbocycles. The van der Waals surface area contributed by atoms with Gasteiger partial charge in [-0.05, 0) is 59.2 Å². The smallest absolute Gasteiger partial charge is 0.449 e. The van der Waals surface area contributed by atoms with Gasteiger partial charge in [-0.25, -0.2) is 9.18 Å². The SMILES string of the molecule is O=C(C=Cc1ccc(F)cc1)Oc1ccc2c(=O)c(Oc3ccc(-c4ccccc4)cc3)c(C(F)(F)F)oc2c1. The van der Waals surface area contributed by atoms with Crippen molar-refractivity contribution in [2.75, 3.05) is 0 Å². The predicted molar refractivity (Wildman–Crippen MR) is 141 cm³/mol. The third kappa shape index (κ3) is 5.94. The van der Waals surface area contributed by atoms with E-state index < -0.39 is 40.5 Å². The molecule has 0 bridgehead atoms. The molecular formula is C31H18F4O5. The summed E-state index contributed by atoms with van der Waals surface area (Å²) in [6, 6.07) is 24.3. The van der Waals surface area contributed by atoms with Crippen molar-refractivity contribution >= 4 is 23.0 Å². The van der Waals surface area contributed by atoms with Crippen molar-refractivity contribution < 1.29 is 36.2 Å². The second kappa shape index (κ2) is 10.9. The standard InChI is InChI=1S/C31H18F4O5/c32-22-11-6-19(7-12-22)8-17-27(36)38-24-15-16-25-26(18-24)40-30(31(33,34)35)29(28(25)37)39-23-13-9-21(10-14-23)20-4-2-1-3-5-20/h1-18H. The van der Waals surface area contributed by atoms with Gasteiger partial charge in [-0.1, -0.05) is 54.6 Å². The minimum absolute atomic E-state index is 0.00956. The molecule has 1 heterocycles. The number of carbonyl (C=O) groups excluding carboxylic acids is 1. The van der Waals surface area contributed by atoms with E-state index >= 15 is 0 Å². The van der Waals surface area contributed by atoms with Crippen molar-refractivity contribution in [2.24, 2.45) is 0 Å². The molecule has 0 saturated carbocycles. The fraction of sp³-hybridized carbons (Fsp3) is 0.0323. The maximum atomic E-state index is 13.9. The molecule has 0 atom stereocenters. The van der Waals surface area contributed by atoms with Gasteiger partial charge in [0.1, 0.15) is 22.9 Å². The number of carbonyl (C=O) groups is 1. The van der Waals surface area contributed by atoms with E-state index in [4.69, 9.17) is 13.9 Å². The Bertz CT molecular complexity index is 1760. The molecule has 0 N–H and O–H groups in total. The van der Waals surface area contributed by atoms with Crippen LogP contribution in [0.15, 0.2) is 112 Å². The third-order valence-electron chi connectivity index (χ3n) is 5.76. The van der Waals surface area contributed by atoms with Gasteiger partial charge in [0.05, 0.1) is 5.39 Å². The summed E-state index contributed by atoms with van der Waals surface area (Å²) in [7, 11) is 0. The Morgan fingerprint density at radius 1 is 0.800 bits per heavy atom. The zero-order valence-electron chi connectivity index (χ0n) is 20.4. The molecule has 5 rings (SSSR count). The molecule has 200 valence electrons. The third-order valence-corrected chi connectivity index (χ3v) is 5.76. The molecule has 5 nitrogen and oxygen atoms in total. The average molecular weight is 546 g/mol. The summed E-state index contributed by atoms with van der Waals surface area (Å²) in [4.78, 5) is 25.3. The van der Waals surface area contributed by atoms with Gasteiger partial charge in [-0.15, -0.1) is 0 Å². The lowest BCUT2D eigenvalue weighted by atomic mass is 10.1. The van der Waals surface area contributed by atoms with E-state index in [1.165, 1.54) is 54.6 Å². The molecular weight excluding hydrogens is 528 g/mol. The number of ether oxygens (including phenoxy) is 2. The molecule has 0 aliphatic carbocycles. The first kappa shape index (κ1) is 26.4. The van der Waals surface area contributed by atoms with Crippen LogP contribution in [0, 0.1) is 5.82 Å². The van der Waals surface area contributed by atoms with Gasteiger partial charge in [0, 0.05) is 12.1 Å². The summed E-state index contributed by atoms with van der Waals surface area (Å²) in [5.41, 5.74) is 0.744. The van der Waals surface area contributed by atoms with Gasteiger partial charge in [-0.2, -0.15) is 13.2 Å². The number of fused-ring (bicyclic) bond motifs is 1. The highest BCUT2D eigenvalue weighted by molar-refractivity contribution is 5.89. The van der Waals surface area contributed by atoms with Gasteiger partial charge < -0.3 is 13.9 Å². The molecule has 5 aromatic rings. The number of rotatable bonds is 6. The highest BCUT2D eigenvalue weighted by atomic mass is 19.4. The summed E-state index contributed by atoms with van der Waals surface area (Å²) in [5.74, 6) is -4.07. The van der Waals surface area contributed by atoms with Crippen LogP contribution < -0.4 is 14.9 Å². The van der Waals surface area contributed by atoms with Crippen molar-refractivity contribution in [2.45, 2.75) is 6.18 Å². The number of hydrogen-bond acceptors (Lipinski definition) is 5. The quantitative estimate of drug-likeness (QED) is 0.0934. The first-order valence-electron chi connectivity index (χ1n) is 11.8. The van der Waals surface area contributed by atoms with Crippen molar-refractivity contribution in [3.05, 3.63) is 131 Å². The van der Waals surface area contributed by atoms with Crippen LogP contribution in [-0.2, 0) is 11.0 Å². The molecule has 0 aliphatic rings. The summed E-state index contributed by atoms with van der Waals surface area (Å²) < 4.78 is 70.3. The van der Waals surface area contributed by atoms with E-state index in [9.17, 15) is 27.2 Å². The van der Waals surface area contributed by atoms with Gasteiger partial charge in [0.2, 0.25) is 11.2 Å². The molecule has 0 amide bonds. The number of esters is 1. The van der Waals surface area contributed by atoms with E-state index in [2.05, 4.69) is 0 Å². The number of halogens is 4. The van der Waals surface area contributed by atoms with Crippen LogP contribution >= 0.6 is 0 Å². The minimum Gasteiger partial charge on any atom is -0.449 e. The van der Waals surface area contributed by atoms with Crippen LogP contribution in [0.1, 0.15) is 11.3 Å². The Kier molecular flexibility index (Phi) is 7.20. The van der Waals surface area contributed by atoms with Crippen LogP contribution in [0.3, 0.4) is 0 Å². The first-order chi connectivity index (χ1) is 19.2. The van der Waals surface area contributed by atoms with E-state index in [1.54, 1.807) is 12.1 Å². The minimum atomic E-state index is -5.06. The van der Waals surface area contributed by atoms with E-state index in [-0.39, 0.29) is 16.9 Å². The van der Waals surface area contributed by atoms with Crippen LogP contribution in [0.2, 0.25) is 0 Å². The average Bonchev–Trinajstić information content (AvgIpc) is 2.94. The normalized spacial score (nSPS) is 11.6. The molecule has 0 fully saturated rings. The maximum Gasteiger partial charge on any atom is 0.453 e. The Hall–Kier alpha value is -5.18. The zero-order chi connectivity index (χ0) is 28.3. The van der Waals surface area contributed by atoms with E-state index in [1.807, 2.05) is 30.3 Å². The highest BCUT2D eigenvalue weighted by Crippen LogP contribution is 2.39. The number of benzene rings is 4. The van der Waals surface area contributed by atoms with Crippen molar-refractivity contribution in [3.8, 4) is 28.4 Å². The molecule has 1 aromatic heterocycles. The lowest BCUT2D eigenvalue weighted by Gasteiger charge is -2.14. The van der Waals surface area contributed by atoms with Crippen LogP contribution in [0.5, 0.6) is 17.2 Å². The van der Waals surface area contributed by atoms with E-state index in [0.717, 1.165) is 23.3 Å². The second-order valence-corrected chi connectivity index (χ2v) is 8.54. The molecule has 9 heteroatoms. The Labute approximate surface area is 224 Å². The summed E-state index contributed by atoms with van der Waals surface area (Å²) >= 11 is 0. The van der Waals surface area contributed by atoms with Gasteiger partial charge in [0.25, 0.3) is 5.76 Å². The Balaban J connectivity index is 1.42. The molecule has 0 unspecified atom stereocenters. The molecule has 0 radical (unpaired) electrons. The highest BCUT2D eigenvalue weighted by Gasteiger charge is 2.40. The predicted octanol–water partition coefficient (Wildman–Crippen LogP) is 8.03. The fourth-order valence-corrected chi connectivity index (χ4v) is 3.85. The Morgan fingerprint density at radius 2 is 1.45 bits per heavy atom. The van der Waals surface area contributed by atoms with Crippen LogP contribution in [0.4, 0.5) is 17.6 Å². The van der Waals surface area contributed by atoms with Gasteiger partial charge in [-0.3, -0.25) is 4.79 Å². The summed E-state index contributed by atoms with van der Waals surface area (Å²) in [5, 5.41) is -0.203. The number of hydrogen-bond donors (Lipinski definition) is 0. The first-order valence-corrected chi connectivity index (χ1v) is 11.8. The van der Waals surface area contributed by atoms with Gasteiger partial charge in [0.15, 0.2) is 0 Å². The monoisotopic (exact) mass is 546 g/mol. The molecule has 0 aliphatic heterocycles. The van der Waals surface area contributed by atoms with E-state index in [0.29, 0.717) is 5.56 Å². The van der Waals surface area contributed by atoms with Crippen molar-refractivity contribution in [3.63, 3.8) is 0 Å².